The third kappa shape index (κ3) is 5.76. The van der Waals surface area contributed by atoms with Crippen molar-refractivity contribution in [2.45, 2.75) is 36.7 Å². The third-order valence-corrected chi connectivity index (χ3v) is 7.35. The molecular formula is C28H29N5O2S. The Labute approximate surface area is 214 Å². The van der Waals surface area contributed by atoms with Gasteiger partial charge in [-0.2, -0.15) is 0 Å². The molecule has 7 nitrogen and oxygen atoms in total. The van der Waals surface area contributed by atoms with Crippen molar-refractivity contribution >= 4 is 34.7 Å². The van der Waals surface area contributed by atoms with Gasteiger partial charge in [-0.05, 0) is 48.2 Å². The maximum atomic E-state index is 12.6. The van der Waals surface area contributed by atoms with Gasteiger partial charge in [-0.25, -0.2) is 9.97 Å². The summed E-state index contributed by atoms with van der Waals surface area (Å²) in [6, 6.07) is 21.9. The zero-order valence-electron chi connectivity index (χ0n) is 20.1. The Morgan fingerprint density at radius 3 is 2.61 bits per heavy atom. The van der Waals surface area contributed by atoms with Crippen LogP contribution in [-0.2, 0) is 17.1 Å². The number of amides is 2. The lowest BCUT2D eigenvalue weighted by molar-refractivity contribution is -0.127. The summed E-state index contributed by atoms with van der Waals surface area (Å²) in [4.78, 5) is 35.5. The van der Waals surface area contributed by atoms with Crippen molar-refractivity contribution in [1.82, 2.24) is 24.8 Å². The Balaban J connectivity index is 1.21. The summed E-state index contributed by atoms with van der Waals surface area (Å²) in [5.74, 6) is 0.956. The number of nitrogens with one attached hydrogen (secondary N) is 1. The van der Waals surface area contributed by atoms with Crippen molar-refractivity contribution in [1.29, 1.82) is 0 Å². The summed E-state index contributed by atoms with van der Waals surface area (Å²) >= 11 is 1.70. The number of fused-ring (bicyclic) bond motifs is 1. The third-order valence-electron chi connectivity index (χ3n) is 6.30. The molecule has 8 heteroatoms. The maximum Gasteiger partial charge on any atom is 0.251 e. The van der Waals surface area contributed by atoms with Crippen LogP contribution >= 0.6 is 11.8 Å². The average molecular weight is 500 g/mol. The highest BCUT2D eigenvalue weighted by Crippen LogP contribution is 2.27. The molecule has 1 aliphatic rings. The van der Waals surface area contributed by atoms with E-state index in [0.717, 1.165) is 47.0 Å². The second kappa shape index (κ2) is 11.4. The van der Waals surface area contributed by atoms with Gasteiger partial charge in [0.25, 0.3) is 5.91 Å². The molecule has 0 radical (unpaired) electrons. The quantitative estimate of drug-likeness (QED) is 0.256. The van der Waals surface area contributed by atoms with E-state index >= 15 is 0 Å². The van der Waals surface area contributed by atoms with Gasteiger partial charge in [-0.3, -0.25) is 14.2 Å². The average Bonchev–Trinajstić information content (AvgIpc) is 3.49. The highest BCUT2D eigenvalue weighted by atomic mass is 32.2. The number of hydrogen-bond acceptors (Lipinski definition) is 5. The lowest BCUT2D eigenvalue weighted by atomic mass is 10.1. The predicted molar refractivity (Wildman–Crippen MR) is 142 cm³/mol. The SMILES string of the molecule is O=C(NCCCN1CCCC1=O)c1ccc(Cn2c(SCc3ccccc3)nc3cccnc32)cc1. The number of nitrogens with zero attached hydrogens (tertiary/aromatic N) is 4. The summed E-state index contributed by atoms with van der Waals surface area (Å²) in [7, 11) is 0. The smallest absolute Gasteiger partial charge is 0.251 e. The molecule has 0 spiro atoms. The molecule has 0 unspecified atom stereocenters. The molecule has 0 atom stereocenters. The van der Waals surface area contributed by atoms with Gasteiger partial charge >= 0.3 is 0 Å². The summed E-state index contributed by atoms with van der Waals surface area (Å²) in [5, 5.41) is 3.89. The summed E-state index contributed by atoms with van der Waals surface area (Å²) in [6.07, 6.45) is 4.14. The molecule has 36 heavy (non-hydrogen) atoms. The van der Waals surface area contributed by atoms with Gasteiger partial charge in [0.2, 0.25) is 5.91 Å². The molecule has 1 fully saturated rings. The number of likely N-dealkylation sites (tertiary alicyclic amines) is 1. The molecule has 2 aromatic heterocycles. The molecule has 3 heterocycles. The molecule has 4 aromatic rings. The monoisotopic (exact) mass is 499 g/mol. The zero-order chi connectivity index (χ0) is 24.7. The fraction of sp³-hybridized carbons (Fsp3) is 0.286. The number of hydrogen-bond donors (Lipinski definition) is 1. The van der Waals surface area contributed by atoms with Crippen LogP contribution in [0.2, 0.25) is 0 Å². The minimum atomic E-state index is -0.0943. The summed E-state index contributed by atoms with van der Waals surface area (Å²) in [5.41, 5.74) is 4.68. The molecule has 1 N–H and O–H groups in total. The zero-order valence-corrected chi connectivity index (χ0v) is 20.9. The van der Waals surface area contributed by atoms with Crippen molar-refractivity contribution in [3.8, 4) is 0 Å². The van der Waals surface area contributed by atoms with E-state index in [1.807, 2.05) is 59.5 Å². The van der Waals surface area contributed by atoms with Gasteiger partial charge < -0.3 is 10.2 Å². The van der Waals surface area contributed by atoms with Gasteiger partial charge in [0.05, 0.1) is 6.54 Å². The normalized spacial score (nSPS) is 13.4. The fourth-order valence-corrected chi connectivity index (χ4v) is 5.33. The van der Waals surface area contributed by atoms with Gasteiger partial charge in [0.15, 0.2) is 10.8 Å². The second-order valence-electron chi connectivity index (χ2n) is 8.89. The van der Waals surface area contributed by atoms with Crippen LogP contribution in [-0.4, -0.2) is 50.9 Å². The summed E-state index contributed by atoms with van der Waals surface area (Å²) in [6.45, 7) is 2.72. The minimum absolute atomic E-state index is 0.0943. The number of imidazole rings is 1. The van der Waals surface area contributed by atoms with E-state index in [1.165, 1.54) is 5.56 Å². The van der Waals surface area contributed by atoms with Crippen LogP contribution in [0.25, 0.3) is 11.2 Å². The van der Waals surface area contributed by atoms with Gasteiger partial charge in [0, 0.05) is 43.6 Å². The van der Waals surface area contributed by atoms with Crippen molar-refractivity contribution in [3.63, 3.8) is 0 Å². The predicted octanol–water partition coefficient (Wildman–Crippen LogP) is 4.51. The van der Waals surface area contributed by atoms with Crippen molar-refractivity contribution in [2.24, 2.45) is 0 Å². The molecule has 1 aliphatic heterocycles. The first-order valence-electron chi connectivity index (χ1n) is 12.3. The largest absolute Gasteiger partial charge is 0.352 e. The van der Waals surface area contributed by atoms with Crippen LogP contribution in [0, 0.1) is 0 Å². The summed E-state index contributed by atoms with van der Waals surface area (Å²) < 4.78 is 2.14. The van der Waals surface area contributed by atoms with Gasteiger partial charge in [-0.1, -0.05) is 54.2 Å². The number of pyridine rings is 1. The lowest BCUT2D eigenvalue weighted by Crippen LogP contribution is -2.30. The number of carbonyl (C=O) groups excluding carboxylic acids is 2. The maximum absolute atomic E-state index is 12.6. The van der Waals surface area contributed by atoms with Crippen LogP contribution in [0.1, 0.15) is 40.7 Å². The molecule has 2 amide bonds. The molecule has 0 bridgehead atoms. The van der Waals surface area contributed by atoms with Crippen molar-refractivity contribution < 1.29 is 9.59 Å². The topological polar surface area (TPSA) is 80.1 Å². The first-order chi connectivity index (χ1) is 17.7. The van der Waals surface area contributed by atoms with E-state index in [-0.39, 0.29) is 11.8 Å². The molecule has 2 aromatic carbocycles. The Morgan fingerprint density at radius 1 is 1.00 bits per heavy atom. The van der Waals surface area contributed by atoms with Gasteiger partial charge in [0.1, 0.15) is 5.52 Å². The minimum Gasteiger partial charge on any atom is -0.352 e. The van der Waals surface area contributed by atoms with E-state index < -0.39 is 0 Å². The number of benzene rings is 2. The van der Waals surface area contributed by atoms with E-state index in [9.17, 15) is 9.59 Å². The molecule has 0 aliphatic carbocycles. The van der Waals surface area contributed by atoms with Crippen LogP contribution in [0.15, 0.2) is 78.1 Å². The van der Waals surface area contributed by atoms with Crippen LogP contribution in [0.5, 0.6) is 0 Å². The van der Waals surface area contributed by atoms with Crippen LogP contribution in [0.4, 0.5) is 0 Å². The van der Waals surface area contributed by atoms with Crippen molar-refractivity contribution in [2.75, 3.05) is 19.6 Å². The number of aromatic nitrogens is 3. The first-order valence-corrected chi connectivity index (χ1v) is 13.3. The standard InChI is InChI=1S/C28H29N5O2S/c34-25-10-5-17-32(25)18-6-16-30-27(35)23-13-11-21(12-14-23)19-33-26-24(9-4-15-29-26)31-28(33)36-20-22-7-2-1-3-8-22/h1-4,7-9,11-15H,5-6,10,16-20H2,(H,30,35). The first kappa shape index (κ1) is 24.1. The molecule has 0 saturated carbocycles. The lowest BCUT2D eigenvalue weighted by Gasteiger charge is -2.15. The fourth-order valence-electron chi connectivity index (χ4n) is 4.37. The Bertz CT molecular complexity index is 1340. The molecule has 5 rings (SSSR count). The Kier molecular flexibility index (Phi) is 7.61. The van der Waals surface area contributed by atoms with E-state index in [1.54, 1.807) is 18.0 Å². The molecule has 1 saturated heterocycles. The highest BCUT2D eigenvalue weighted by molar-refractivity contribution is 7.98. The van der Waals surface area contributed by atoms with E-state index in [2.05, 4.69) is 27.0 Å². The Morgan fingerprint density at radius 2 is 1.83 bits per heavy atom. The van der Waals surface area contributed by atoms with Crippen molar-refractivity contribution in [3.05, 3.63) is 89.6 Å². The number of thioether (sulfide) groups is 1. The molecule has 184 valence electrons. The second-order valence-corrected chi connectivity index (χ2v) is 9.83. The Hall–Kier alpha value is -3.65. The highest BCUT2D eigenvalue weighted by Gasteiger charge is 2.19. The van der Waals surface area contributed by atoms with E-state index in [4.69, 9.17) is 4.98 Å². The van der Waals surface area contributed by atoms with Gasteiger partial charge in [-0.15, -0.1) is 0 Å². The van der Waals surface area contributed by atoms with E-state index in [0.29, 0.717) is 31.6 Å². The number of rotatable bonds is 10. The van der Waals surface area contributed by atoms with Crippen LogP contribution in [0.3, 0.4) is 0 Å². The number of carbonyl (C=O) groups is 2. The molecular weight excluding hydrogens is 470 g/mol. The van der Waals surface area contributed by atoms with Crippen LogP contribution < -0.4 is 5.32 Å².